The zero-order chi connectivity index (χ0) is 23.4. The second-order valence-electron chi connectivity index (χ2n) is 8.45. The molecule has 174 valence electrons. The number of fused-ring (bicyclic) bond motifs is 1. The lowest BCUT2D eigenvalue weighted by Gasteiger charge is -2.34. The first kappa shape index (κ1) is 22.7. The van der Waals surface area contributed by atoms with Gasteiger partial charge in [-0.3, -0.25) is 23.6 Å². The van der Waals surface area contributed by atoms with E-state index in [0.29, 0.717) is 30.1 Å². The second kappa shape index (κ2) is 9.99. The van der Waals surface area contributed by atoms with Gasteiger partial charge in [-0.05, 0) is 24.1 Å². The van der Waals surface area contributed by atoms with Crippen LogP contribution in [0.15, 0.2) is 47.3 Å². The van der Waals surface area contributed by atoms with Gasteiger partial charge in [0.25, 0.3) is 0 Å². The van der Waals surface area contributed by atoms with Gasteiger partial charge in [-0.15, -0.1) is 0 Å². The summed E-state index contributed by atoms with van der Waals surface area (Å²) >= 11 is 0. The topological polar surface area (TPSA) is 92.5 Å². The molecule has 1 saturated heterocycles. The first-order valence-electron chi connectivity index (χ1n) is 11.3. The van der Waals surface area contributed by atoms with Crippen molar-refractivity contribution in [3.05, 3.63) is 58.5 Å². The largest absolute Gasteiger partial charge is 0.340 e. The fraction of sp³-hybridized carbons (Fsp3) is 0.417. The number of anilines is 1. The van der Waals surface area contributed by atoms with Crippen molar-refractivity contribution in [2.24, 2.45) is 14.1 Å². The molecule has 0 spiro atoms. The van der Waals surface area contributed by atoms with Crippen LogP contribution >= 0.6 is 0 Å². The minimum atomic E-state index is -0.266. The molecule has 2 amide bonds. The molecular formula is C24H30N6O3. The molecule has 3 heterocycles. The van der Waals surface area contributed by atoms with Gasteiger partial charge in [-0.2, -0.15) is 0 Å². The number of amides is 2. The molecule has 2 aromatic heterocycles. The highest BCUT2D eigenvalue weighted by atomic mass is 16.2. The number of pyridine rings is 1. The number of hydrogen-bond donors (Lipinski definition) is 1. The van der Waals surface area contributed by atoms with Gasteiger partial charge >= 0.3 is 5.69 Å². The summed E-state index contributed by atoms with van der Waals surface area (Å²) in [6, 6.07) is 13.8. The van der Waals surface area contributed by atoms with Crippen LogP contribution in [0.5, 0.6) is 0 Å². The average molecular weight is 451 g/mol. The Labute approximate surface area is 192 Å². The predicted molar refractivity (Wildman–Crippen MR) is 127 cm³/mol. The Kier molecular flexibility index (Phi) is 6.88. The van der Waals surface area contributed by atoms with Crippen molar-refractivity contribution in [3.8, 4) is 0 Å². The summed E-state index contributed by atoms with van der Waals surface area (Å²) in [7, 11) is 3.32. The number of carbonyl (C=O) groups is 2. The van der Waals surface area contributed by atoms with E-state index in [-0.39, 0.29) is 30.3 Å². The molecule has 1 N–H and O–H groups in total. The molecule has 0 atom stereocenters. The zero-order valence-electron chi connectivity index (χ0n) is 19.2. The Hall–Kier alpha value is -3.46. The highest BCUT2D eigenvalue weighted by molar-refractivity contribution is 5.93. The Balaban J connectivity index is 1.21. The van der Waals surface area contributed by atoms with Crippen molar-refractivity contribution in [3.63, 3.8) is 0 Å². The molecule has 1 aliphatic rings. The highest BCUT2D eigenvalue weighted by Crippen LogP contribution is 2.14. The first-order chi connectivity index (χ1) is 15.9. The van der Waals surface area contributed by atoms with Gasteiger partial charge in [0, 0.05) is 59.7 Å². The van der Waals surface area contributed by atoms with Gasteiger partial charge < -0.3 is 10.2 Å². The summed E-state index contributed by atoms with van der Waals surface area (Å²) in [5.41, 5.74) is 2.34. The van der Waals surface area contributed by atoms with Gasteiger partial charge in [-0.1, -0.05) is 30.3 Å². The third-order valence-corrected chi connectivity index (χ3v) is 6.23. The van der Waals surface area contributed by atoms with E-state index in [9.17, 15) is 14.4 Å². The normalized spacial score (nSPS) is 14.5. The molecule has 33 heavy (non-hydrogen) atoms. The van der Waals surface area contributed by atoms with Crippen molar-refractivity contribution in [1.82, 2.24) is 23.9 Å². The molecule has 0 saturated carbocycles. The molecule has 1 aliphatic heterocycles. The third kappa shape index (κ3) is 5.31. The quantitative estimate of drug-likeness (QED) is 0.587. The predicted octanol–water partition coefficient (Wildman–Crippen LogP) is 1.38. The van der Waals surface area contributed by atoms with E-state index in [4.69, 9.17) is 0 Å². The van der Waals surface area contributed by atoms with Crippen molar-refractivity contribution >= 4 is 28.8 Å². The van der Waals surface area contributed by atoms with Crippen molar-refractivity contribution in [2.45, 2.75) is 19.3 Å². The summed E-state index contributed by atoms with van der Waals surface area (Å²) in [5, 5.41) is 2.73. The number of benzene rings is 1. The minimum absolute atomic E-state index is 0.00160. The van der Waals surface area contributed by atoms with Crippen LogP contribution in [0, 0.1) is 0 Å². The van der Waals surface area contributed by atoms with Crippen molar-refractivity contribution in [1.29, 1.82) is 0 Å². The van der Waals surface area contributed by atoms with E-state index in [1.807, 2.05) is 11.0 Å². The van der Waals surface area contributed by atoms with Crippen molar-refractivity contribution in [2.75, 3.05) is 38.0 Å². The van der Waals surface area contributed by atoms with Crippen LogP contribution in [-0.2, 0) is 30.1 Å². The van der Waals surface area contributed by atoms with E-state index in [1.54, 1.807) is 26.2 Å². The Morgan fingerprint density at radius 2 is 1.67 bits per heavy atom. The molecule has 0 unspecified atom stereocenters. The lowest BCUT2D eigenvalue weighted by atomic mass is 10.1. The SMILES string of the molecule is Cn1c(=O)n(C)c2nc(NC(=O)CCC(=O)N3CCN(CCc4ccccc4)CC3)ccc21. The molecule has 0 bridgehead atoms. The maximum atomic E-state index is 12.6. The minimum Gasteiger partial charge on any atom is -0.340 e. The number of nitrogens with zero attached hydrogens (tertiary/aromatic N) is 5. The van der Waals surface area contributed by atoms with Crippen molar-refractivity contribution < 1.29 is 9.59 Å². The second-order valence-corrected chi connectivity index (χ2v) is 8.45. The fourth-order valence-electron chi connectivity index (χ4n) is 4.17. The fourth-order valence-corrected chi connectivity index (χ4v) is 4.17. The van der Waals surface area contributed by atoms with Crippen LogP contribution in [0.2, 0.25) is 0 Å². The van der Waals surface area contributed by atoms with Crippen LogP contribution in [0.1, 0.15) is 18.4 Å². The number of aromatic nitrogens is 3. The smallest absolute Gasteiger partial charge is 0.329 e. The molecule has 1 fully saturated rings. The van der Waals surface area contributed by atoms with E-state index < -0.39 is 0 Å². The molecular weight excluding hydrogens is 420 g/mol. The average Bonchev–Trinajstić information content (AvgIpc) is 3.05. The van der Waals surface area contributed by atoms with Gasteiger partial charge in [0.2, 0.25) is 11.8 Å². The molecule has 9 heteroatoms. The maximum Gasteiger partial charge on any atom is 0.329 e. The van der Waals surface area contributed by atoms with Gasteiger partial charge in [0.05, 0.1) is 5.52 Å². The summed E-state index contributed by atoms with van der Waals surface area (Å²) in [5.74, 6) is 0.104. The van der Waals surface area contributed by atoms with E-state index >= 15 is 0 Å². The Bertz CT molecular complexity index is 1190. The summed E-state index contributed by atoms with van der Waals surface area (Å²) in [4.78, 5) is 45.5. The maximum absolute atomic E-state index is 12.6. The summed E-state index contributed by atoms with van der Waals surface area (Å²) in [6.07, 6.45) is 1.27. The van der Waals surface area contributed by atoms with Gasteiger partial charge in [0.1, 0.15) is 5.82 Å². The standard InChI is InChI=1S/C24H30N6O3/c1-27-19-8-9-20(26-23(19)28(2)24(27)33)25-21(31)10-11-22(32)30-16-14-29(15-17-30)13-12-18-6-4-3-5-7-18/h3-9H,10-17H2,1-2H3,(H,25,26,31). The monoisotopic (exact) mass is 450 g/mol. The van der Waals surface area contributed by atoms with Crippen LogP contribution in [0.3, 0.4) is 0 Å². The van der Waals surface area contributed by atoms with E-state index in [0.717, 1.165) is 26.1 Å². The number of rotatable bonds is 7. The Morgan fingerprint density at radius 3 is 2.39 bits per heavy atom. The molecule has 0 radical (unpaired) electrons. The molecule has 3 aromatic rings. The number of piperazine rings is 1. The highest BCUT2D eigenvalue weighted by Gasteiger charge is 2.21. The number of carbonyl (C=O) groups excluding carboxylic acids is 2. The van der Waals surface area contributed by atoms with E-state index in [1.165, 1.54) is 14.7 Å². The van der Waals surface area contributed by atoms with Gasteiger partial charge in [-0.25, -0.2) is 9.78 Å². The Morgan fingerprint density at radius 1 is 0.939 bits per heavy atom. The number of nitrogens with one attached hydrogen (secondary N) is 1. The van der Waals surface area contributed by atoms with Crippen LogP contribution in [0.4, 0.5) is 5.82 Å². The van der Waals surface area contributed by atoms with Crippen LogP contribution < -0.4 is 11.0 Å². The molecule has 0 aliphatic carbocycles. The lowest BCUT2D eigenvalue weighted by molar-refractivity contribution is -0.134. The lowest BCUT2D eigenvalue weighted by Crippen LogP contribution is -2.49. The molecule has 9 nitrogen and oxygen atoms in total. The zero-order valence-corrected chi connectivity index (χ0v) is 19.2. The van der Waals surface area contributed by atoms with Gasteiger partial charge in [0.15, 0.2) is 5.65 Å². The molecule has 1 aromatic carbocycles. The third-order valence-electron chi connectivity index (χ3n) is 6.23. The van der Waals surface area contributed by atoms with Crippen LogP contribution in [-0.4, -0.2) is 68.5 Å². The molecule has 4 rings (SSSR count). The van der Waals surface area contributed by atoms with E-state index in [2.05, 4.69) is 39.5 Å². The number of imidazole rings is 1. The number of hydrogen-bond acceptors (Lipinski definition) is 5. The summed E-state index contributed by atoms with van der Waals surface area (Å²) < 4.78 is 2.95. The number of aryl methyl sites for hydroxylation is 2. The summed E-state index contributed by atoms with van der Waals surface area (Å²) in [6.45, 7) is 4.07. The first-order valence-corrected chi connectivity index (χ1v) is 11.3. The van der Waals surface area contributed by atoms with Crippen LogP contribution in [0.25, 0.3) is 11.2 Å².